The van der Waals surface area contributed by atoms with Gasteiger partial charge in [-0.05, 0) is 44.8 Å². The molecule has 1 aromatic rings. The fourth-order valence-corrected chi connectivity index (χ4v) is 3.04. The lowest BCUT2D eigenvalue weighted by molar-refractivity contribution is -0.136. The quantitative estimate of drug-likeness (QED) is 0.189. The van der Waals surface area contributed by atoms with Crippen molar-refractivity contribution in [3.8, 4) is 0 Å². The first-order valence-electron chi connectivity index (χ1n) is 10.7. The SMILES string of the molecule is CN(C)CCN(C)C(=O)ONC(=N)c1ccc(N2CC[C@H](NC(=O)NCCC(=O)O)C2=O)cc1. The van der Waals surface area contributed by atoms with Gasteiger partial charge in [-0.2, -0.15) is 5.48 Å². The minimum Gasteiger partial charge on any atom is -0.481 e. The summed E-state index contributed by atoms with van der Waals surface area (Å²) in [5.41, 5.74) is 3.37. The highest BCUT2D eigenvalue weighted by atomic mass is 16.7. The zero-order chi connectivity index (χ0) is 25.3. The number of nitrogens with zero attached hydrogens (tertiary/aromatic N) is 3. The highest BCUT2D eigenvalue weighted by molar-refractivity contribution is 6.02. The summed E-state index contributed by atoms with van der Waals surface area (Å²) in [4.78, 5) is 56.8. The van der Waals surface area contributed by atoms with Crippen molar-refractivity contribution in [1.29, 1.82) is 5.41 Å². The number of likely N-dealkylation sites (N-methyl/N-ethyl adjacent to an activating group) is 2. The lowest BCUT2D eigenvalue weighted by Gasteiger charge is -2.19. The third-order valence-corrected chi connectivity index (χ3v) is 5.04. The molecule has 1 aliphatic heterocycles. The summed E-state index contributed by atoms with van der Waals surface area (Å²) < 4.78 is 0. The molecule has 0 aliphatic carbocycles. The van der Waals surface area contributed by atoms with Gasteiger partial charge in [0.15, 0.2) is 5.84 Å². The number of hydrogen-bond acceptors (Lipinski definition) is 7. The van der Waals surface area contributed by atoms with Crippen molar-refractivity contribution < 1.29 is 29.1 Å². The number of nitrogens with one attached hydrogen (secondary N) is 4. The summed E-state index contributed by atoms with van der Waals surface area (Å²) in [6.07, 6.45) is -0.418. The highest BCUT2D eigenvalue weighted by Crippen LogP contribution is 2.22. The largest absolute Gasteiger partial charge is 0.481 e. The maximum atomic E-state index is 12.6. The standard InChI is InChI=1S/C21H31N7O6/c1-26(2)12-13-27(3)21(33)34-25-18(22)14-4-6-15(7-5-14)28-11-9-16(19(28)31)24-20(32)23-10-8-17(29)30/h4-7,16H,8-13H2,1-3H3,(H2,22,25)(H,29,30)(H2,23,24,32)/t16-/m0/s1. The number of carbonyl (C=O) groups is 4. The Morgan fingerprint density at radius 2 is 1.85 bits per heavy atom. The molecule has 1 aliphatic rings. The summed E-state index contributed by atoms with van der Waals surface area (Å²) in [7, 11) is 5.39. The Kier molecular flexibility index (Phi) is 9.62. The zero-order valence-corrected chi connectivity index (χ0v) is 19.5. The van der Waals surface area contributed by atoms with Gasteiger partial charge in [-0.1, -0.05) is 0 Å². The van der Waals surface area contributed by atoms with Crippen LogP contribution < -0.4 is 21.0 Å². The average Bonchev–Trinajstić information content (AvgIpc) is 3.15. The van der Waals surface area contributed by atoms with Gasteiger partial charge in [-0.25, -0.2) is 9.59 Å². The van der Waals surface area contributed by atoms with Crippen LogP contribution in [0.15, 0.2) is 24.3 Å². The molecule has 186 valence electrons. The van der Waals surface area contributed by atoms with Gasteiger partial charge >= 0.3 is 18.1 Å². The van der Waals surface area contributed by atoms with Crippen LogP contribution in [0.25, 0.3) is 0 Å². The summed E-state index contributed by atoms with van der Waals surface area (Å²) in [6.45, 7) is 1.50. The van der Waals surface area contributed by atoms with Crippen molar-refractivity contribution in [2.75, 3.05) is 52.2 Å². The number of hydroxylamine groups is 1. The Labute approximate surface area is 197 Å². The van der Waals surface area contributed by atoms with Gasteiger partial charge in [0, 0.05) is 44.5 Å². The molecule has 1 saturated heterocycles. The molecule has 1 aromatic carbocycles. The number of amidine groups is 1. The summed E-state index contributed by atoms with van der Waals surface area (Å²) in [6, 6.07) is 5.22. The molecule has 0 unspecified atom stereocenters. The van der Waals surface area contributed by atoms with Gasteiger partial charge in [0.25, 0.3) is 0 Å². The van der Waals surface area contributed by atoms with Crippen molar-refractivity contribution in [2.45, 2.75) is 18.9 Å². The Balaban J connectivity index is 1.84. The van der Waals surface area contributed by atoms with Crippen molar-refractivity contribution in [1.82, 2.24) is 25.9 Å². The van der Waals surface area contributed by atoms with Crippen LogP contribution >= 0.6 is 0 Å². The molecule has 0 radical (unpaired) electrons. The first-order valence-corrected chi connectivity index (χ1v) is 10.7. The van der Waals surface area contributed by atoms with Gasteiger partial charge in [-0.15, -0.1) is 0 Å². The first-order chi connectivity index (χ1) is 16.1. The van der Waals surface area contributed by atoms with E-state index < -0.39 is 24.1 Å². The molecule has 1 fully saturated rings. The van der Waals surface area contributed by atoms with Crippen molar-refractivity contribution >= 4 is 35.5 Å². The van der Waals surface area contributed by atoms with Crippen LogP contribution in [-0.2, 0) is 14.4 Å². The minimum atomic E-state index is -1.03. The van der Waals surface area contributed by atoms with Gasteiger partial charge in [0.2, 0.25) is 5.91 Å². The van der Waals surface area contributed by atoms with Crippen LogP contribution in [0.4, 0.5) is 15.3 Å². The third kappa shape index (κ3) is 7.92. The molecule has 4 amide bonds. The normalized spacial score (nSPS) is 15.1. The van der Waals surface area contributed by atoms with E-state index in [4.69, 9.17) is 15.4 Å². The number of hydrogen-bond donors (Lipinski definition) is 5. The Bertz CT molecular complexity index is 905. The number of rotatable bonds is 9. The molecule has 13 heteroatoms. The zero-order valence-electron chi connectivity index (χ0n) is 19.5. The number of carbonyl (C=O) groups excluding carboxylic acids is 3. The molecule has 1 atom stereocenters. The van der Waals surface area contributed by atoms with E-state index in [1.54, 1.807) is 31.3 Å². The number of carboxylic acids is 1. The van der Waals surface area contributed by atoms with Crippen LogP contribution in [0.1, 0.15) is 18.4 Å². The molecule has 13 nitrogen and oxygen atoms in total. The predicted octanol–water partition coefficient (Wildman–Crippen LogP) is 0.0258. The van der Waals surface area contributed by atoms with E-state index >= 15 is 0 Å². The third-order valence-electron chi connectivity index (χ3n) is 5.04. The molecular weight excluding hydrogens is 446 g/mol. The lowest BCUT2D eigenvalue weighted by Crippen LogP contribution is -2.46. The van der Waals surface area contributed by atoms with Crippen molar-refractivity contribution in [3.63, 3.8) is 0 Å². The Morgan fingerprint density at radius 3 is 2.47 bits per heavy atom. The summed E-state index contributed by atoms with van der Waals surface area (Å²) in [5, 5.41) is 21.6. The second-order valence-corrected chi connectivity index (χ2v) is 7.99. The van der Waals surface area contributed by atoms with Crippen molar-refractivity contribution in [3.05, 3.63) is 29.8 Å². The highest BCUT2D eigenvalue weighted by Gasteiger charge is 2.33. The van der Waals surface area contributed by atoms with E-state index in [-0.39, 0.29) is 24.7 Å². The summed E-state index contributed by atoms with van der Waals surface area (Å²) in [5.74, 6) is -1.43. The first kappa shape index (κ1) is 26.4. The van der Waals surface area contributed by atoms with Crippen LogP contribution in [0.2, 0.25) is 0 Å². The maximum absolute atomic E-state index is 12.6. The van der Waals surface area contributed by atoms with E-state index in [9.17, 15) is 19.2 Å². The van der Waals surface area contributed by atoms with Crippen LogP contribution in [0.3, 0.4) is 0 Å². The van der Waals surface area contributed by atoms with E-state index in [1.807, 2.05) is 19.0 Å². The Morgan fingerprint density at radius 1 is 1.18 bits per heavy atom. The second-order valence-electron chi connectivity index (χ2n) is 7.99. The number of aliphatic carboxylic acids is 1. The Hall–Kier alpha value is -3.87. The minimum absolute atomic E-state index is 0.0328. The predicted molar refractivity (Wildman–Crippen MR) is 124 cm³/mol. The van der Waals surface area contributed by atoms with E-state index in [0.717, 1.165) is 0 Å². The van der Waals surface area contributed by atoms with Gasteiger partial charge in [-0.3, -0.25) is 15.0 Å². The molecule has 0 aromatic heterocycles. The molecule has 1 heterocycles. The number of carboxylic acid groups (broad SMARTS) is 1. The van der Waals surface area contributed by atoms with Crippen LogP contribution in [-0.4, -0.2) is 98.1 Å². The molecule has 34 heavy (non-hydrogen) atoms. The van der Waals surface area contributed by atoms with Gasteiger partial charge < -0.3 is 35.3 Å². The van der Waals surface area contributed by atoms with Crippen LogP contribution in [0.5, 0.6) is 0 Å². The summed E-state index contributed by atoms with van der Waals surface area (Å²) >= 11 is 0. The smallest absolute Gasteiger partial charge is 0.433 e. The number of amides is 4. The molecule has 0 saturated carbocycles. The van der Waals surface area contributed by atoms with E-state index in [2.05, 4.69) is 16.1 Å². The molecule has 2 rings (SSSR count). The monoisotopic (exact) mass is 477 g/mol. The molecular formula is C21H31N7O6. The average molecular weight is 478 g/mol. The number of anilines is 1. The molecule has 5 N–H and O–H groups in total. The van der Waals surface area contributed by atoms with E-state index in [0.29, 0.717) is 37.3 Å². The molecule has 0 bridgehead atoms. The topological polar surface area (TPSA) is 167 Å². The second kappa shape index (κ2) is 12.4. The molecule has 0 spiro atoms. The fraction of sp³-hybridized carbons (Fsp3) is 0.476. The van der Waals surface area contributed by atoms with Gasteiger partial charge in [0.05, 0.1) is 6.42 Å². The number of benzene rings is 1. The fourth-order valence-electron chi connectivity index (χ4n) is 3.04. The van der Waals surface area contributed by atoms with E-state index in [1.165, 1.54) is 9.80 Å². The maximum Gasteiger partial charge on any atom is 0.433 e. The van der Waals surface area contributed by atoms with Crippen LogP contribution in [0, 0.1) is 5.41 Å². The van der Waals surface area contributed by atoms with Gasteiger partial charge in [0.1, 0.15) is 6.04 Å². The number of urea groups is 1. The lowest BCUT2D eigenvalue weighted by atomic mass is 10.2. The van der Waals surface area contributed by atoms with Crippen molar-refractivity contribution in [2.24, 2.45) is 0 Å².